The predicted molar refractivity (Wildman–Crippen MR) is 170 cm³/mol. The molecule has 3 heterocycles. The normalized spacial score (nSPS) is 13.8. The van der Waals surface area contributed by atoms with Crippen LogP contribution in [0.15, 0.2) is 127 Å². The SMILES string of the molecule is CC1(C)c2ccccc2-c2ccc(-n3c4ccccc4c4nc5c6ccccc6n(-c6ccccc6)c5cc43)cc21. The second-order valence-corrected chi connectivity index (χ2v) is 11.7. The van der Waals surface area contributed by atoms with Crippen LogP contribution in [0.1, 0.15) is 25.0 Å². The van der Waals surface area contributed by atoms with E-state index in [9.17, 15) is 0 Å². The van der Waals surface area contributed by atoms with E-state index in [1.807, 2.05) is 0 Å². The third-order valence-corrected chi connectivity index (χ3v) is 9.10. The van der Waals surface area contributed by atoms with Crippen LogP contribution < -0.4 is 0 Å². The van der Waals surface area contributed by atoms with Crippen LogP contribution >= 0.6 is 0 Å². The van der Waals surface area contributed by atoms with Crippen LogP contribution in [0.2, 0.25) is 0 Å². The number of pyridine rings is 1. The van der Waals surface area contributed by atoms with Crippen LogP contribution in [0.3, 0.4) is 0 Å². The van der Waals surface area contributed by atoms with E-state index in [1.54, 1.807) is 0 Å². The van der Waals surface area contributed by atoms with Gasteiger partial charge in [0, 0.05) is 27.6 Å². The summed E-state index contributed by atoms with van der Waals surface area (Å²) in [5, 5.41) is 2.34. The Hall–Kier alpha value is -5.15. The first kappa shape index (κ1) is 22.6. The van der Waals surface area contributed by atoms with Crippen LogP contribution in [-0.4, -0.2) is 14.1 Å². The van der Waals surface area contributed by atoms with Gasteiger partial charge in [-0.1, -0.05) is 98.8 Å². The smallest absolute Gasteiger partial charge is 0.0972 e. The third kappa shape index (κ3) is 2.95. The quantitative estimate of drug-likeness (QED) is 0.220. The maximum absolute atomic E-state index is 5.42. The first-order valence-corrected chi connectivity index (χ1v) is 14.2. The van der Waals surface area contributed by atoms with Crippen molar-refractivity contribution in [3.63, 3.8) is 0 Å². The minimum absolute atomic E-state index is 0.0635. The van der Waals surface area contributed by atoms with Gasteiger partial charge in [-0.15, -0.1) is 0 Å². The summed E-state index contributed by atoms with van der Waals surface area (Å²) in [5.41, 5.74) is 14.3. The lowest BCUT2D eigenvalue weighted by atomic mass is 9.82. The summed E-state index contributed by atoms with van der Waals surface area (Å²) < 4.78 is 4.75. The second kappa shape index (κ2) is 7.96. The fourth-order valence-electron chi connectivity index (χ4n) is 7.19. The monoisotopic (exact) mass is 525 g/mol. The largest absolute Gasteiger partial charge is 0.308 e. The number of fused-ring (bicyclic) bond motifs is 9. The summed E-state index contributed by atoms with van der Waals surface area (Å²) in [5.74, 6) is 0. The first-order valence-electron chi connectivity index (χ1n) is 14.2. The van der Waals surface area contributed by atoms with E-state index in [0.717, 1.165) is 27.8 Å². The van der Waals surface area contributed by atoms with Crippen molar-refractivity contribution in [1.82, 2.24) is 14.1 Å². The molecule has 0 saturated carbocycles. The zero-order valence-corrected chi connectivity index (χ0v) is 23.0. The molecule has 3 aromatic heterocycles. The van der Waals surface area contributed by atoms with Gasteiger partial charge in [0.2, 0.25) is 0 Å². The van der Waals surface area contributed by atoms with Crippen molar-refractivity contribution < 1.29 is 0 Å². The zero-order chi connectivity index (χ0) is 27.3. The molecular weight excluding hydrogens is 498 g/mol. The van der Waals surface area contributed by atoms with Gasteiger partial charge in [-0.05, 0) is 64.7 Å². The van der Waals surface area contributed by atoms with Crippen LogP contribution in [0.25, 0.3) is 66.4 Å². The van der Waals surface area contributed by atoms with E-state index < -0.39 is 0 Å². The Morgan fingerprint density at radius 1 is 0.463 bits per heavy atom. The minimum atomic E-state index is -0.0635. The summed E-state index contributed by atoms with van der Waals surface area (Å²) in [4.78, 5) is 5.42. The molecule has 0 radical (unpaired) electrons. The number of rotatable bonds is 2. The standard InChI is InChI=1S/C38H27N3/c1-38(2)30-17-9-6-14-26(30)27-21-20-25(22-31(27)38)41-33-19-11-8-16-29(33)37-35(41)23-34-36(39-37)28-15-7-10-18-32(28)40(34)24-12-4-3-5-13-24/h3-23H,1-2H3. The maximum Gasteiger partial charge on any atom is 0.0972 e. The lowest BCUT2D eigenvalue weighted by Crippen LogP contribution is -2.15. The van der Waals surface area contributed by atoms with Gasteiger partial charge in [0.1, 0.15) is 0 Å². The Balaban J connectivity index is 1.39. The predicted octanol–water partition coefficient (Wildman–Crippen LogP) is 9.58. The molecule has 3 heteroatoms. The highest BCUT2D eigenvalue weighted by Gasteiger charge is 2.35. The lowest BCUT2D eigenvalue weighted by molar-refractivity contribution is 0.660. The van der Waals surface area contributed by atoms with Crippen molar-refractivity contribution in [2.24, 2.45) is 0 Å². The van der Waals surface area contributed by atoms with Gasteiger partial charge in [0.15, 0.2) is 0 Å². The molecule has 1 aliphatic carbocycles. The van der Waals surface area contributed by atoms with E-state index in [2.05, 4.69) is 150 Å². The number of nitrogens with zero attached hydrogens (tertiary/aromatic N) is 3. The van der Waals surface area contributed by atoms with Crippen LogP contribution in [0, 0.1) is 0 Å². The summed E-state index contributed by atoms with van der Waals surface area (Å²) in [6.07, 6.45) is 0. The van der Waals surface area contributed by atoms with Crippen molar-refractivity contribution in [2.75, 3.05) is 0 Å². The number of aromatic nitrogens is 3. The molecule has 5 aromatic carbocycles. The van der Waals surface area contributed by atoms with Crippen molar-refractivity contribution in [3.05, 3.63) is 139 Å². The summed E-state index contributed by atoms with van der Waals surface area (Å²) in [6.45, 7) is 4.69. The fraction of sp³-hybridized carbons (Fsp3) is 0.0789. The molecule has 3 nitrogen and oxygen atoms in total. The number of benzene rings is 5. The molecule has 0 fully saturated rings. The van der Waals surface area contributed by atoms with E-state index >= 15 is 0 Å². The highest BCUT2D eigenvalue weighted by Crippen LogP contribution is 2.49. The first-order chi connectivity index (χ1) is 20.1. The topological polar surface area (TPSA) is 22.8 Å². The summed E-state index contributed by atoms with van der Waals surface area (Å²) in [6, 6.07) is 46.1. The van der Waals surface area contributed by atoms with Crippen molar-refractivity contribution in [2.45, 2.75) is 19.3 Å². The Morgan fingerprint density at radius 3 is 1.73 bits per heavy atom. The zero-order valence-electron chi connectivity index (χ0n) is 23.0. The molecule has 8 aromatic rings. The van der Waals surface area contributed by atoms with Crippen molar-refractivity contribution in [3.8, 4) is 22.5 Å². The molecule has 0 unspecified atom stereocenters. The van der Waals surface area contributed by atoms with Gasteiger partial charge in [-0.3, -0.25) is 0 Å². The highest BCUT2D eigenvalue weighted by molar-refractivity contribution is 6.15. The fourth-order valence-corrected chi connectivity index (χ4v) is 7.19. The molecule has 41 heavy (non-hydrogen) atoms. The molecule has 0 amide bonds. The van der Waals surface area contributed by atoms with Crippen LogP contribution in [0.5, 0.6) is 0 Å². The molecule has 0 aliphatic heterocycles. The number of hydrogen-bond donors (Lipinski definition) is 0. The van der Waals surface area contributed by atoms with Gasteiger partial charge in [-0.25, -0.2) is 4.98 Å². The van der Waals surface area contributed by atoms with E-state index in [4.69, 9.17) is 4.98 Å². The highest BCUT2D eigenvalue weighted by atomic mass is 15.0. The Kier molecular flexibility index (Phi) is 4.39. The molecule has 0 saturated heterocycles. The molecule has 9 rings (SSSR count). The molecule has 0 spiro atoms. The average molecular weight is 526 g/mol. The number of para-hydroxylation sites is 3. The van der Waals surface area contributed by atoms with Crippen LogP contribution in [0.4, 0.5) is 0 Å². The van der Waals surface area contributed by atoms with E-state index in [1.165, 1.54) is 49.7 Å². The molecule has 0 atom stereocenters. The molecule has 1 aliphatic rings. The van der Waals surface area contributed by atoms with Crippen molar-refractivity contribution in [1.29, 1.82) is 0 Å². The molecule has 0 N–H and O–H groups in total. The summed E-state index contributed by atoms with van der Waals surface area (Å²) in [7, 11) is 0. The molecule has 0 bridgehead atoms. The van der Waals surface area contributed by atoms with Gasteiger partial charge in [-0.2, -0.15) is 0 Å². The van der Waals surface area contributed by atoms with Gasteiger partial charge in [0.25, 0.3) is 0 Å². The van der Waals surface area contributed by atoms with Crippen molar-refractivity contribution >= 4 is 43.9 Å². The third-order valence-electron chi connectivity index (χ3n) is 9.10. The lowest BCUT2D eigenvalue weighted by Gasteiger charge is -2.22. The van der Waals surface area contributed by atoms with Gasteiger partial charge >= 0.3 is 0 Å². The van der Waals surface area contributed by atoms with Crippen LogP contribution in [-0.2, 0) is 5.41 Å². The van der Waals surface area contributed by atoms with Gasteiger partial charge < -0.3 is 9.13 Å². The Labute approximate surface area is 237 Å². The minimum Gasteiger partial charge on any atom is -0.308 e. The molecule has 194 valence electrons. The Morgan fingerprint density at radius 2 is 1.02 bits per heavy atom. The van der Waals surface area contributed by atoms with Gasteiger partial charge in [0.05, 0.1) is 33.1 Å². The summed E-state index contributed by atoms with van der Waals surface area (Å²) >= 11 is 0. The average Bonchev–Trinajstić information content (AvgIpc) is 3.60. The Bertz CT molecular complexity index is 2330. The van der Waals surface area contributed by atoms with E-state index in [-0.39, 0.29) is 5.41 Å². The molecular formula is C38H27N3. The number of hydrogen-bond acceptors (Lipinski definition) is 1. The second-order valence-electron chi connectivity index (χ2n) is 11.7. The van der Waals surface area contributed by atoms with E-state index in [0.29, 0.717) is 0 Å². The maximum atomic E-state index is 5.42.